The van der Waals surface area contributed by atoms with Crippen molar-refractivity contribution in [2.24, 2.45) is 0 Å². The van der Waals surface area contributed by atoms with Crippen LogP contribution in [0.1, 0.15) is 23.6 Å². The number of carbonyl (C=O) groups is 1. The Morgan fingerprint density at radius 2 is 1.70 bits per heavy atom. The Balaban J connectivity index is 1.57. The number of furan rings is 1. The van der Waals surface area contributed by atoms with Gasteiger partial charge >= 0.3 is 0 Å². The normalized spacial score (nSPS) is 11.6. The molecule has 0 aliphatic heterocycles. The van der Waals surface area contributed by atoms with Crippen molar-refractivity contribution in [3.63, 3.8) is 0 Å². The molecule has 5 rings (SSSR count). The van der Waals surface area contributed by atoms with Crippen LogP contribution < -0.4 is 14.8 Å². The van der Waals surface area contributed by atoms with E-state index >= 15 is 0 Å². The second-order valence-corrected chi connectivity index (χ2v) is 9.19. The topological polar surface area (TPSA) is 60.7 Å². The van der Waals surface area contributed by atoms with Gasteiger partial charge in [-0.1, -0.05) is 42.5 Å². The SMILES string of the molecule is COc1ccc(C)cc1NC(=O)/C=C(\C)c1cc2c(-c3ccc4ccccc4c3)coc2c(C)c1OC. The molecule has 0 fully saturated rings. The molecular weight excluding hydrogens is 462 g/mol. The maximum Gasteiger partial charge on any atom is 0.248 e. The summed E-state index contributed by atoms with van der Waals surface area (Å²) in [7, 11) is 3.22. The number of fused-ring (bicyclic) bond motifs is 2. The summed E-state index contributed by atoms with van der Waals surface area (Å²) >= 11 is 0. The number of benzene rings is 4. The zero-order valence-corrected chi connectivity index (χ0v) is 21.6. The molecule has 0 unspecified atom stereocenters. The molecule has 0 saturated carbocycles. The molecule has 1 aromatic heterocycles. The lowest BCUT2D eigenvalue weighted by Gasteiger charge is -2.14. The highest BCUT2D eigenvalue weighted by Gasteiger charge is 2.19. The third-order valence-corrected chi connectivity index (χ3v) is 6.69. The van der Waals surface area contributed by atoms with Crippen LogP contribution >= 0.6 is 0 Å². The number of hydrogen-bond acceptors (Lipinski definition) is 4. The molecule has 5 aromatic rings. The Labute approximate surface area is 216 Å². The van der Waals surface area contributed by atoms with Crippen molar-refractivity contribution in [1.82, 2.24) is 0 Å². The molecule has 37 heavy (non-hydrogen) atoms. The fraction of sp³-hybridized carbons (Fsp3) is 0.156. The molecule has 0 aliphatic rings. The first kappa shape index (κ1) is 24.2. The van der Waals surface area contributed by atoms with E-state index in [1.54, 1.807) is 26.6 Å². The summed E-state index contributed by atoms with van der Waals surface area (Å²) in [5.74, 6) is 1.04. The minimum Gasteiger partial charge on any atom is -0.496 e. The third-order valence-electron chi connectivity index (χ3n) is 6.69. The average molecular weight is 492 g/mol. The third kappa shape index (κ3) is 4.56. The van der Waals surface area contributed by atoms with Gasteiger partial charge < -0.3 is 19.2 Å². The standard InChI is InChI=1S/C32H29NO4/c1-19-10-13-29(35-4)28(14-19)33-30(34)15-20(2)25-17-26-27(18-37-32(26)21(3)31(25)36-5)24-12-11-22-8-6-7-9-23(22)16-24/h6-18H,1-5H3,(H,33,34)/b20-15+. The van der Waals surface area contributed by atoms with Crippen LogP contribution in [0.4, 0.5) is 5.69 Å². The molecule has 0 atom stereocenters. The van der Waals surface area contributed by atoms with Gasteiger partial charge in [0.2, 0.25) is 5.91 Å². The smallest absolute Gasteiger partial charge is 0.248 e. The first-order valence-electron chi connectivity index (χ1n) is 12.1. The van der Waals surface area contributed by atoms with E-state index in [2.05, 4.69) is 35.6 Å². The molecule has 0 saturated heterocycles. The summed E-state index contributed by atoms with van der Waals surface area (Å²) in [6.07, 6.45) is 3.38. The van der Waals surface area contributed by atoms with E-state index in [4.69, 9.17) is 13.9 Å². The monoisotopic (exact) mass is 491 g/mol. The largest absolute Gasteiger partial charge is 0.496 e. The molecule has 4 aromatic carbocycles. The van der Waals surface area contributed by atoms with Crippen molar-refractivity contribution in [3.05, 3.63) is 95.8 Å². The van der Waals surface area contributed by atoms with E-state index < -0.39 is 0 Å². The summed E-state index contributed by atoms with van der Waals surface area (Å²) in [6.45, 7) is 5.85. The second kappa shape index (κ2) is 9.86. The van der Waals surface area contributed by atoms with Crippen molar-refractivity contribution in [2.45, 2.75) is 20.8 Å². The number of ether oxygens (including phenoxy) is 2. The predicted molar refractivity (Wildman–Crippen MR) is 150 cm³/mol. The lowest BCUT2D eigenvalue weighted by molar-refractivity contribution is -0.111. The quantitative estimate of drug-likeness (QED) is 0.245. The van der Waals surface area contributed by atoms with Gasteiger partial charge in [-0.15, -0.1) is 0 Å². The van der Waals surface area contributed by atoms with Crippen molar-refractivity contribution in [1.29, 1.82) is 0 Å². The summed E-state index contributed by atoms with van der Waals surface area (Å²) in [5, 5.41) is 6.26. The van der Waals surface area contributed by atoms with Gasteiger partial charge in [0.25, 0.3) is 0 Å². The van der Waals surface area contributed by atoms with Crippen LogP contribution in [-0.2, 0) is 4.79 Å². The van der Waals surface area contributed by atoms with Crippen LogP contribution in [0.3, 0.4) is 0 Å². The van der Waals surface area contributed by atoms with Gasteiger partial charge in [-0.05, 0) is 72.5 Å². The van der Waals surface area contributed by atoms with Gasteiger partial charge in [0.15, 0.2) is 0 Å². The number of rotatable bonds is 6. The summed E-state index contributed by atoms with van der Waals surface area (Å²) in [6, 6.07) is 22.4. The predicted octanol–water partition coefficient (Wildman–Crippen LogP) is 7.93. The first-order chi connectivity index (χ1) is 17.9. The molecule has 1 N–H and O–H groups in total. The van der Waals surface area contributed by atoms with Gasteiger partial charge in [0.1, 0.15) is 17.1 Å². The number of anilines is 1. The van der Waals surface area contributed by atoms with Gasteiger partial charge in [0.05, 0.1) is 26.2 Å². The number of amides is 1. The van der Waals surface area contributed by atoms with Crippen molar-refractivity contribution >= 4 is 38.9 Å². The molecule has 5 nitrogen and oxygen atoms in total. The number of hydrogen-bond donors (Lipinski definition) is 1. The van der Waals surface area contributed by atoms with Crippen LogP contribution in [0.2, 0.25) is 0 Å². The first-order valence-corrected chi connectivity index (χ1v) is 12.1. The van der Waals surface area contributed by atoms with Crippen molar-refractivity contribution in [2.75, 3.05) is 19.5 Å². The highest BCUT2D eigenvalue weighted by Crippen LogP contribution is 2.41. The molecule has 0 radical (unpaired) electrons. The highest BCUT2D eigenvalue weighted by atomic mass is 16.5. The molecule has 0 spiro atoms. The zero-order chi connectivity index (χ0) is 26.1. The van der Waals surface area contributed by atoms with E-state index in [1.165, 1.54) is 10.8 Å². The van der Waals surface area contributed by atoms with Crippen LogP contribution in [0.15, 0.2) is 83.5 Å². The number of nitrogens with one attached hydrogen (secondary N) is 1. The summed E-state index contributed by atoms with van der Waals surface area (Å²) in [5.41, 5.74) is 6.98. The molecule has 0 aliphatic carbocycles. The number of carbonyl (C=O) groups excluding carboxylic acids is 1. The summed E-state index contributed by atoms with van der Waals surface area (Å²) in [4.78, 5) is 13.0. The zero-order valence-electron chi connectivity index (χ0n) is 21.6. The molecular formula is C32H29NO4. The maximum absolute atomic E-state index is 13.0. The number of allylic oxidation sites excluding steroid dienone is 1. The van der Waals surface area contributed by atoms with E-state index in [9.17, 15) is 4.79 Å². The number of aryl methyl sites for hydroxylation is 2. The van der Waals surface area contributed by atoms with Crippen molar-refractivity contribution in [3.8, 4) is 22.6 Å². The van der Waals surface area contributed by atoms with Crippen molar-refractivity contribution < 1.29 is 18.7 Å². The van der Waals surface area contributed by atoms with Gasteiger partial charge in [0, 0.05) is 28.2 Å². The molecule has 5 heteroatoms. The minimum absolute atomic E-state index is 0.247. The molecule has 1 heterocycles. The molecule has 0 bridgehead atoms. The number of methoxy groups -OCH3 is 2. The average Bonchev–Trinajstić information content (AvgIpc) is 3.33. The molecule has 1 amide bonds. The van der Waals surface area contributed by atoms with E-state index in [1.807, 2.05) is 57.2 Å². The van der Waals surface area contributed by atoms with Gasteiger partial charge in [-0.2, -0.15) is 0 Å². The summed E-state index contributed by atoms with van der Waals surface area (Å²) < 4.78 is 17.2. The van der Waals surface area contributed by atoms with Gasteiger partial charge in [-0.3, -0.25) is 4.79 Å². The Kier molecular flexibility index (Phi) is 6.45. The second-order valence-electron chi connectivity index (χ2n) is 9.19. The van der Waals surface area contributed by atoms with Crippen LogP contribution in [0, 0.1) is 13.8 Å². The Hall–Kier alpha value is -4.51. The minimum atomic E-state index is -0.247. The van der Waals surface area contributed by atoms with E-state index in [0.29, 0.717) is 17.2 Å². The lowest BCUT2D eigenvalue weighted by atomic mass is 9.95. The highest BCUT2D eigenvalue weighted by molar-refractivity contribution is 6.06. The van der Waals surface area contributed by atoms with E-state index in [0.717, 1.165) is 44.4 Å². The lowest BCUT2D eigenvalue weighted by Crippen LogP contribution is -2.10. The van der Waals surface area contributed by atoms with Crippen LogP contribution in [0.5, 0.6) is 11.5 Å². The van der Waals surface area contributed by atoms with Gasteiger partial charge in [-0.25, -0.2) is 0 Å². The Morgan fingerprint density at radius 1 is 0.919 bits per heavy atom. The Bertz CT molecular complexity index is 1680. The fourth-order valence-electron chi connectivity index (χ4n) is 4.81. The Morgan fingerprint density at radius 3 is 2.46 bits per heavy atom. The van der Waals surface area contributed by atoms with Crippen LogP contribution in [-0.4, -0.2) is 20.1 Å². The van der Waals surface area contributed by atoms with Crippen LogP contribution in [0.25, 0.3) is 38.4 Å². The molecule has 186 valence electrons. The fourth-order valence-corrected chi connectivity index (χ4v) is 4.81. The maximum atomic E-state index is 13.0. The van der Waals surface area contributed by atoms with E-state index in [-0.39, 0.29) is 5.91 Å².